The van der Waals surface area contributed by atoms with Crippen LogP contribution in [0.25, 0.3) is 0 Å². The number of nitrogens with one attached hydrogen (secondary N) is 1. The van der Waals surface area contributed by atoms with Crippen molar-refractivity contribution in [3.63, 3.8) is 0 Å². The number of nitrogens with zero attached hydrogens (tertiary/aromatic N) is 1. The van der Waals surface area contributed by atoms with Crippen LogP contribution in [-0.4, -0.2) is 17.7 Å². The minimum Gasteiger partial charge on any atom is -0.484 e. The van der Waals surface area contributed by atoms with E-state index in [9.17, 15) is 4.79 Å². The fourth-order valence-corrected chi connectivity index (χ4v) is 1.60. The average Bonchev–Trinajstić information content (AvgIpc) is 2.80. The molecule has 5 nitrogen and oxygen atoms in total. The summed E-state index contributed by atoms with van der Waals surface area (Å²) in [6.45, 7) is 4.10. The van der Waals surface area contributed by atoms with E-state index in [1.54, 1.807) is 13.0 Å². The highest BCUT2D eigenvalue weighted by Crippen LogP contribution is 2.11. The Morgan fingerprint density at radius 1 is 1.37 bits per heavy atom. The third kappa shape index (κ3) is 4.13. The molecule has 0 radical (unpaired) electrons. The van der Waals surface area contributed by atoms with Crippen molar-refractivity contribution in [3.05, 3.63) is 47.3 Å². The van der Waals surface area contributed by atoms with Gasteiger partial charge in [-0.25, -0.2) is 0 Å². The molecule has 0 unspecified atom stereocenters. The van der Waals surface area contributed by atoms with Gasteiger partial charge in [0.05, 0.1) is 6.54 Å². The lowest BCUT2D eigenvalue weighted by Crippen LogP contribution is -2.28. The number of carbonyl (C=O) groups excluding carboxylic acids is 1. The highest BCUT2D eigenvalue weighted by atomic mass is 16.5. The fraction of sp³-hybridized carbons (Fsp3) is 0.286. The topological polar surface area (TPSA) is 64.4 Å². The van der Waals surface area contributed by atoms with Gasteiger partial charge < -0.3 is 14.6 Å². The van der Waals surface area contributed by atoms with Gasteiger partial charge in [0.2, 0.25) is 0 Å². The lowest BCUT2D eigenvalue weighted by molar-refractivity contribution is -0.123. The van der Waals surface area contributed by atoms with Crippen molar-refractivity contribution in [3.8, 4) is 5.75 Å². The van der Waals surface area contributed by atoms with E-state index >= 15 is 0 Å². The van der Waals surface area contributed by atoms with Crippen molar-refractivity contribution >= 4 is 5.91 Å². The Labute approximate surface area is 111 Å². The monoisotopic (exact) mass is 260 g/mol. The van der Waals surface area contributed by atoms with Crippen molar-refractivity contribution in [2.45, 2.75) is 20.4 Å². The molecular weight excluding hydrogens is 244 g/mol. The van der Waals surface area contributed by atoms with Crippen LogP contribution in [0.1, 0.15) is 17.0 Å². The first-order valence-electron chi connectivity index (χ1n) is 6.02. The van der Waals surface area contributed by atoms with Crippen LogP contribution in [-0.2, 0) is 11.3 Å². The molecule has 1 amide bonds. The predicted molar refractivity (Wildman–Crippen MR) is 69.8 cm³/mol. The zero-order valence-corrected chi connectivity index (χ0v) is 11.0. The molecule has 2 rings (SSSR count). The summed E-state index contributed by atoms with van der Waals surface area (Å²) in [7, 11) is 0. The molecule has 0 fully saturated rings. The number of ether oxygens (including phenoxy) is 1. The quantitative estimate of drug-likeness (QED) is 0.892. The zero-order valence-electron chi connectivity index (χ0n) is 11.0. The number of hydrogen-bond acceptors (Lipinski definition) is 4. The third-order valence-electron chi connectivity index (χ3n) is 2.50. The maximum absolute atomic E-state index is 11.6. The van der Waals surface area contributed by atoms with E-state index in [0.717, 1.165) is 11.3 Å². The second-order valence-corrected chi connectivity index (χ2v) is 4.31. The molecule has 1 aromatic heterocycles. The Morgan fingerprint density at radius 2 is 2.21 bits per heavy atom. The summed E-state index contributed by atoms with van der Waals surface area (Å²) in [5.74, 6) is 1.22. The fourth-order valence-electron chi connectivity index (χ4n) is 1.60. The Kier molecular flexibility index (Phi) is 4.18. The van der Waals surface area contributed by atoms with Crippen LogP contribution in [0, 0.1) is 13.8 Å². The first-order chi connectivity index (χ1) is 9.13. The molecular formula is C14H16N2O3. The largest absolute Gasteiger partial charge is 0.484 e. The van der Waals surface area contributed by atoms with Crippen LogP contribution >= 0.6 is 0 Å². The van der Waals surface area contributed by atoms with Gasteiger partial charge in [0, 0.05) is 6.07 Å². The standard InChI is InChI=1S/C14H16N2O3/c1-10-4-3-5-13(6-10)18-9-14(17)15-8-12-7-11(2)19-16-12/h3-7H,8-9H2,1-2H3,(H,15,17). The van der Waals surface area contributed by atoms with Gasteiger partial charge in [-0.05, 0) is 31.5 Å². The molecule has 2 aromatic rings. The maximum atomic E-state index is 11.6. The smallest absolute Gasteiger partial charge is 0.258 e. The van der Waals surface area contributed by atoms with Gasteiger partial charge in [-0.2, -0.15) is 0 Å². The molecule has 19 heavy (non-hydrogen) atoms. The number of carbonyl (C=O) groups is 1. The number of hydrogen-bond donors (Lipinski definition) is 1. The average molecular weight is 260 g/mol. The number of aryl methyl sites for hydroxylation is 2. The molecule has 0 saturated heterocycles. The summed E-state index contributed by atoms with van der Waals surface area (Å²) in [5, 5.41) is 6.50. The summed E-state index contributed by atoms with van der Waals surface area (Å²) in [6, 6.07) is 9.35. The van der Waals surface area contributed by atoms with Gasteiger partial charge in [-0.15, -0.1) is 0 Å². The van der Waals surface area contributed by atoms with E-state index in [1.807, 2.05) is 31.2 Å². The van der Waals surface area contributed by atoms with Crippen molar-refractivity contribution in [2.75, 3.05) is 6.61 Å². The predicted octanol–water partition coefficient (Wildman–Crippen LogP) is 1.99. The van der Waals surface area contributed by atoms with E-state index in [0.29, 0.717) is 18.0 Å². The van der Waals surface area contributed by atoms with Crippen LogP contribution in [0.3, 0.4) is 0 Å². The van der Waals surface area contributed by atoms with Crippen LogP contribution < -0.4 is 10.1 Å². The van der Waals surface area contributed by atoms with Gasteiger partial charge in [0.25, 0.3) is 5.91 Å². The maximum Gasteiger partial charge on any atom is 0.258 e. The molecule has 1 aromatic carbocycles. The van der Waals surface area contributed by atoms with E-state index in [2.05, 4.69) is 10.5 Å². The SMILES string of the molecule is Cc1cccc(OCC(=O)NCc2cc(C)on2)c1. The normalized spacial score (nSPS) is 10.2. The lowest BCUT2D eigenvalue weighted by Gasteiger charge is -2.06. The Balaban J connectivity index is 1.75. The molecule has 0 atom stereocenters. The minimum absolute atomic E-state index is 0.0136. The van der Waals surface area contributed by atoms with Gasteiger partial charge in [0.1, 0.15) is 17.2 Å². The molecule has 0 saturated carbocycles. The first-order valence-corrected chi connectivity index (χ1v) is 6.02. The first kappa shape index (κ1) is 13.1. The Morgan fingerprint density at radius 3 is 2.89 bits per heavy atom. The third-order valence-corrected chi connectivity index (χ3v) is 2.50. The van der Waals surface area contributed by atoms with Crippen LogP contribution in [0.5, 0.6) is 5.75 Å². The van der Waals surface area contributed by atoms with Gasteiger partial charge in [-0.3, -0.25) is 4.79 Å². The summed E-state index contributed by atoms with van der Waals surface area (Å²) < 4.78 is 10.3. The van der Waals surface area contributed by atoms with Crippen molar-refractivity contribution < 1.29 is 14.1 Å². The van der Waals surface area contributed by atoms with E-state index in [1.165, 1.54) is 0 Å². The lowest BCUT2D eigenvalue weighted by atomic mass is 10.2. The van der Waals surface area contributed by atoms with Crippen molar-refractivity contribution in [1.29, 1.82) is 0 Å². The van der Waals surface area contributed by atoms with Crippen LogP contribution in [0.2, 0.25) is 0 Å². The molecule has 100 valence electrons. The van der Waals surface area contributed by atoms with Gasteiger partial charge in [0.15, 0.2) is 6.61 Å². The van der Waals surface area contributed by atoms with Crippen LogP contribution in [0.4, 0.5) is 0 Å². The number of aromatic nitrogens is 1. The summed E-state index contributed by atoms with van der Waals surface area (Å²) in [4.78, 5) is 11.6. The Hall–Kier alpha value is -2.30. The molecule has 0 bridgehead atoms. The summed E-state index contributed by atoms with van der Waals surface area (Å²) >= 11 is 0. The Bertz CT molecular complexity index is 563. The van der Waals surface area contributed by atoms with Crippen molar-refractivity contribution in [2.24, 2.45) is 0 Å². The van der Waals surface area contributed by atoms with Crippen molar-refractivity contribution in [1.82, 2.24) is 10.5 Å². The number of amides is 1. The number of rotatable bonds is 5. The van der Waals surface area contributed by atoms with E-state index in [4.69, 9.17) is 9.26 Å². The molecule has 0 aliphatic rings. The minimum atomic E-state index is -0.192. The zero-order chi connectivity index (χ0) is 13.7. The van der Waals surface area contributed by atoms with Gasteiger partial charge in [-0.1, -0.05) is 17.3 Å². The molecule has 1 heterocycles. The highest BCUT2D eigenvalue weighted by molar-refractivity contribution is 5.77. The molecule has 1 N–H and O–H groups in total. The summed E-state index contributed by atoms with van der Waals surface area (Å²) in [5.41, 5.74) is 1.79. The molecule has 5 heteroatoms. The molecule has 0 spiro atoms. The molecule has 0 aliphatic heterocycles. The van der Waals surface area contributed by atoms with E-state index in [-0.39, 0.29) is 12.5 Å². The number of benzene rings is 1. The van der Waals surface area contributed by atoms with Crippen LogP contribution in [0.15, 0.2) is 34.9 Å². The second kappa shape index (κ2) is 6.04. The highest BCUT2D eigenvalue weighted by Gasteiger charge is 2.05. The van der Waals surface area contributed by atoms with Gasteiger partial charge >= 0.3 is 0 Å². The second-order valence-electron chi connectivity index (χ2n) is 4.31. The molecule has 0 aliphatic carbocycles. The summed E-state index contributed by atoms with van der Waals surface area (Å²) in [6.07, 6.45) is 0. The van der Waals surface area contributed by atoms with E-state index < -0.39 is 0 Å².